The second kappa shape index (κ2) is 6.10. The summed E-state index contributed by atoms with van der Waals surface area (Å²) < 4.78 is 5.07. The van der Waals surface area contributed by atoms with Crippen molar-refractivity contribution in [2.75, 3.05) is 12.8 Å². The Kier molecular flexibility index (Phi) is 4.25. The van der Waals surface area contributed by atoms with Gasteiger partial charge in [-0.15, -0.1) is 0 Å². The molecule has 0 saturated heterocycles. The van der Waals surface area contributed by atoms with E-state index in [1.165, 1.54) is 0 Å². The maximum Gasteiger partial charge on any atom is 0.253 e. The predicted molar refractivity (Wildman–Crippen MR) is 79.7 cm³/mol. The highest BCUT2D eigenvalue weighted by atomic mass is 16.5. The number of nitrogen functional groups attached to an aromatic ring is 1. The molecule has 1 amide bonds. The van der Waals surface area contributed by atoms with Crippen molar-refractivity contribution in [3.8, 4) is 5.75 Å². The number of ether oxygens (including phenoxy) is 1. The molecule has 0 heterocycles. The van der Waals surface area contributed by atoms with Gasteiger partial charge in [0.1, 0.15) is 5.75 Å². The van der Waals surface area contributed by atoms with Gasteiger partial charge in [-0.3, -0.25) is 4.79 Å². The second-order valence-electron chi connectivity index (χ2n) is 4.56. The Morgan fingerprint density at radius 2 is 1.90 bits per heavy atom. The fourth-order valence-electron chi connectivity index (χ4n) is 1.97. The number of carbonyl (C=O) groups is 1. The number of benzene rings is 2. The number of hydrogen-bond donors (Lipinski definition) is 2. The van der Waals surface area contributed by atoms with E-state index in [1.807, 2.05) is 37.3 Å². The van der Waals surface area contributed by atoms with Crippen LogP contribution in [0.25, 0.3) is 0 Å². The molecule has 2 rings (SSSR count). The van der Waals surface area contributed by atoms with E-state index in [0.717, 1.165) is 5.56 Å². The zero-order valence-corrected chi connectivity index (χ0v) is 11.6. The SMILES string of the molecule is COc1ccc(C(=O)N[C@H](C)c2ccccc2)c(N)c1. The fourth-order valence-corrected chi connectivity index (χ4v) is 1.97. The molecule has 0 fully saturated rings. The largest absolute Gasteiger partial charge is 0.497 e. The van der Waals surface area contributed by atoms with Gasteiger partial charge in [0.15, 0.2) is 0 Å². The molecule has 20 heavy (non-hydrogen) atoms. The minimum atomic E-state index is -0.193. The first-order valence-electron chi connectivity index (χ1n) is 6.41. The molecule has 4 heteroatoms. The normalized spacial score (nSPS) is 11.7. The Bertz CT molecular complexity index is 597. The number of carbonyl (C=O) groups excluding carboxylic acids is 1. The first-order valence-corrected chi connectivity index (χ1v) is 6.41. The Labute approximate surface area is 118 Å². The van der Waals surface area contributed by atoms with Gasteiger partial charge < -0.3 is 15.8 Å². The Hall–Kier alpha value is -2.49. The molecule has 0 radical (unpaired) electrons. The Balaban J connectivity index is 2.12. The molecule has 4 nitrogen and oxygen atoms in total. The first-order chi connectivity index (χ1) is 9.61. The van der Waals surface area contributed by atoms with Crippen LogP contribution in [0.1, 0.15) is 28.9 Å². The second-order valence-corrected chi connectivity index (χ2v) is 4.56. The van der Waals surface area contributed by atoms with Crippen LogP contribution < -0.4 is 15.8 Å². The van der Waals surface area contributed by atoms with Gasteiger partial charge in [0.25, 0.3) is 5.91 Å². The van der Waals surface area contributed by atoms with Gasteiger partial charge in [0.05, 0.1) is 18.7 Å². The lowest BCUT2D eigenvalue weighted by Crippen LogP contribution is -2.27. The summed E-state index contributed by atoms with van der Waals surface area (Å²) in [6.07, 6.45) is 0. The van der Waals surface area contributed by atoms with Crippen molar-refractivity contribution in [3.63, 3.8) is 0 Å². The highest BCUT2D eigenvalue weighted by Crippen LogP contribution is 2.20. The molecule has 0 bridgehead atoms. The summed E-state index contributed by atoms with van der Waals surface area (Å²) in [6, 6.07) is 14.7. The van der Waals surface area contributed by atoms with E-state index in [0.29, 0.717) is 17.0 Å². The summed E-state index contributed by atoms with van der Waals surface area (Å²) in [6.45, 7) is 1.94. The third kappa shape index (κ3) is 3.09. The molecule has 0 spiro atoms. The number of hydrogen-bond acceptors (Lipinski definition) is 3. The standard InChI is InChI=1S/C16H18N2O2/c1-11(12-6-4-3-5-7-12)18-16(19)14-9-8-13(20-2)10-15(14)17/h3-11H,17H2,1-2H3,(H,18,19)/t11-/m1/s1. The van der Waals surface area contributed by atoms with E-state index in [-0.39, 0.29) is 11.9 Å². The first kappa shape index (κ1) is 13.9. The quantitative estimate of drug-likeness (QED) is 0.840. The minimum Gasteiger partial charge on any atom is -0.497 e. The van der Waals surface area contributed by atoms with Gasteiger partial charge in [-0.2, -0.15) is 0 Å². The number of methoxy groups -OCH3 is 1. The number of rotatable bonds is 4. The maximum absolute atomic E-state index is 12.2. The molecule has 0 unspecified atom stereocenters. The lowest BCUT2D eigenvalue weighted by molar-refractivity contribution is 0.0941. The van der Waals surface area contributed by atoms with Crippen molar-refractivity contribution in [1.29, 1.82) is 0 Å². The molecule has 0 aliphatic rings. The summed E-state index contributed by atoms with van der Waals surface area (Å²) >= 11 is 0. The van der Waals surface area contributed by atoms with Crippen molar-refractivity contribution in [2.45, 2.75) is 13.0 Å². The average Bonchev–Trinajstić information content (AvgIpc) is 2.47. The van der Waals surface area contributed by atoms with E-state index in [9.17, 15) is 4.79 Å². The fraction of sp³-hybridized carbons (Fsp3) is 0.188. The molecule has 2 aromatic carbocycles. The van der Waals surface area contributed by atoms with Crippen LogP contribution in [0.3, 0.4) is 0 Å². The molecule has 104 valence electrons. The zero-order chi connectivity index (χ0) is 14.5. The number of anilines is 1. The van der Waals surface area contributed by atoms with Crippen molar-refractivity contribution in [2.24, 2.45) is 0 Å². The van der Waals surface area contributed by atoms with Crippen molar-refractivity contribution >= 4 is 11.6 Å². The molecule has 0 aliphatic carbocycles. The van der Waals surface area contributed by atoms with Gasteiger partial charge in [0, 0.05) is 11.8 Å². The summed E-state index contributed by atoms with van der Waals surface area (Å²) in [5.41, 5.74) is 7.78. The van der Waals surface area contributed by atoms with Gasteiger partial charge in [-0.1, -0.05) is 30.3 Å². The molecule has 0 aromatic heterocycles. The van der Waals surface area contributed by atoms with Gasteiger partial charge in [-0.05, 0) is 24.6 Å². The van der Waals surface area contributed by atoms with Crippen molar-refractivity contribution in [3.05, 3.63) is 59.7 Å². The highest BCUT2D eigenvalue weighted by Gasteiger charge is 2.14. The van der Waals surface area contributed by atoms with Crippen LogP contribution >= 0.6 is 0 Å². The third-order valence-electron chi connectivity index (χ3n) is 3.15. The van der Waals surface area contributed by atoms with Crippen molar-refractivity contribution < 1.29 is 9.53 Å². The van der Waals surface area contributed by atoms with Gasteiger partial charge in [-0.25, -0.2) is 0 Å². The molecule has 2 aromatic rings. The zero-order valence-electron chi connectivity index (χ0n) is 11.6. The van der Waals surface area contributed by atoms with Crippen LogP contribution in [-0.4, -0.2) is 13.0 Å². The van der Waals surface area contributed by atoms with Crippen LogP contribution in [0, 0.1) is 0 Å². The minimum absolute atomic E-state index is 0.0785. The Morgan fingerprint density at radius 1 is 1.20 bits per heavy atom. The van der Waals surface area contributed by atoms with Crippen LogP contribution in [0.15, 0.2) is 48.5 Å². The lowest BCUT2D eigenvalue weighted by Gasteiger charge is -2.15. The van der Waals surface area contributed by atoms with E-state index >= 15 is 0 Å². The van der Waals surface area contributed by atoms with Gasteiger partial charge in [0.2, 0.25) is 0 Å². The van der Waals surface area contributed by atoms with Gasteiger partial charge >= 0.3 is 0 Å². The smallest absolute Gasteiger partial charge is 0.253 e. The summed E-state index contributed by atoms with van der Waals surface area (Å²) in [4.78, 5) is 12.2. The molecular formula is C16H18N2O2. The third-order valence-corrected chi connectivity index (χ3v) is 3.15. The molecule has 0 saturated carbocycles. The summed E-state index contributed by atoms with van der Waals surface area (Å²) in [5.74, 6) is 0.441. The van der Waals surface area contributed by atoms with Crippen LogP contribution in [0.5, 0.6) is 5.75 Å². The topological polar surface area (TPSA) is 64.3 Å². The molecular weight excluding hydrogens is 252 g/mol. The van der Waals surface area contributed by atoms with E-state index < -0.39 is 0 Å². The summed E-state index contributed by atoms with van der Waals surface area (Å²) in [5, 5.41) is 2.93. The van der Waals surface area contributed by atoms with E-state index in [4.69, 9.17) is 10.5 Å². The lowest BCUT2D eigenvalue weighted by atomic mass is 10.1. The number of amides is 1. The number of nitrogens with two attached hydrogens (primary N) is 1. The van der Waals surface area contributed by atoms with Crippen LogP contribution in [0.4, 0.5) is 5.69 Å². The monoisotopic (exact) mass is 270 g/mol. The number of nitrogens with one attached hydrogen (secondary N) is 1. The highest BCUT2D eigenvalue weighted by molar-refractivity contribution is 5.99. The Morgan fingerprint density at radius 3 is 2.50 bits per heavy atom. The maximum atomic E-state index is 12.2. The average molecular weight is 270 g/mol. The van der Waals surface area contributed by atoms with E-state index in [1.54, 1.807) is 25.3 Å². The summed E-state index contributed by atoms with van der Waals surface area (Å²) in [7, 11) is 1.56. The predicted octanol–water partition coefficient (Wildman–Crippen LogP) is 2.77. The van der Waals surface area contributed by atoms with Crippen molar-refractivity contribution in [1.82, 2.24) is 5.32 Å². The molecule has 3 N–H and O–H groups in total. The van der Waals surface area contributed by atoms with Crippen LogP contribution in [-0.2, 0) is 0 Å². The molecule has 0 aliphatic heterocycles. The molecule has 1 atom stereocenters. The van der Waals surface area contributed by atoms with Crippen LogP contribution in [0.2, 0.25) is 0 Å². The van der Waals surface area contributed by atoms with E-state index in [2.05, 4.69) is 5.32 Å².